The van der Waals surface area contributed by atoms with E-state index in [0.717, 1.165) is 19.4 Å². The Labute approximate surface area is 58.8 Å². The van der Waals surface area contributed by atoms with E-state index in [1.54, 1.807) is 0 Å². The van der Waals surface area contributed by atoms with Crippen molar-refractivity contribution >= 4 is 6.01 Å². The van der Waals surface area contributed by atoms with E-state index in [9.17, 15) is 0 Å². The molecule has 0 radical (unpaired) electrons. The summed E-state index contributed by atoms with van der Waals surface area (Å²) in [6.45, 7) is 2.98. The van der Waals surface area contributed by atoms with Crippen LogP contribution < -0.4 is 5.32 Å². The Morgan fingerprint density at radius 1 is 1.60 bits per heavy atom. The number of nitrogens with one attached hydrogen (secondary N) is 1. The second-order valence-electron chi connectivity index (χ2n) is 1.95. The number of aromatic nitrogens is 3. The van der Waals surface area contributed by atoms with E-state index in [2.05, 4.69) is 32.3 Å². The second-order valence-corrected chi connectivity index (χ2v) is 1.95. The Morgan fingerprint density at radius 3 is 3.10 bits per heavy atom. The van der Waals surface area contributed by atoms with Crippen LogP contribution in [0, 0.1) is 0 Å². The molecule has 0 aliphatic rings. The maximum absolute atomic E-state index is 4.60. The van der Waals surface area contributed by atoms with E-state index in [-0.39, 0.29) is 0 Å². The highest BCUT2D eigenvalue weighted by molar-refractivity contribution is 5.13. The normalized spacial score (nSPS) is 9.70. The second kappa shape index (κ2) is 3.81. The van der Waals surface area contributed by atoms with Gasteiger partial charge in [0.05, 0.1) is 5.27 Å². The first-order chi connectivity index (χ1) is 4.93. The molecule has 1 aromatic heterocycles. The number of nitrogens with zero attached hydrogens (tertiary/aromatic N) is 3. The highest BCUT2D eigenvalue weighted by Crippen LogP contribution is 1.95. The summed E-state index contributed by atoms with van der Waals surface area (Å²) in [6, 6.07) is 0.397. The molecule has 5 nitrogen and oxygen atoms in total. The lowest BCUT2D eigenvalue weighted by Gasteiger charge is -1.94. The summed E-state index contributed by atoms with van der Waals surface area (Å²) in [4.78, 5) is 0. The van der Waals surface area contributed by atoms with E-state index in [0.29, 0.717) is 6.01 Å². The molecular formula is C5H10N4O. The van der Waals surface area contributed by atoms with Crippen LogP contribution in [-0.4, -0.2) is 22.1 Å². The van der Waals surface area contributed by atoms with Crippen molar-refractivity contribution in [3.63, 3.8) is 0 Å². The van der Waals surface area contributed by atoms with Crippen LogP contribution >= 0.6 is 0 Å². The van der Waals surface area contributed by atoms with Crippen molar-refractivity contribution < 1.29 is 4.52 Å². The van der Waals surface area contributed by atoms with Gasteiger partial charge in [0, 0.05) is 6.54 Å². The SMILES string of the molecule is CCCCNc1nnno1. The van der Waals surface area contributed by atoms with Gasteiger partial charge < -0.3 is 5.32 Å². The molecule has 1 heterocycles. The fraction of sp³-hybridized carbons (Fsp3) is 0.800. The minimum Gasteiger partial charge on any atom is -0.336 e. The van der Waals surface area contributed by atoms with Gasteiger partial charge in [-0.15, -0.1) is 0 Å². The van der Waals surface area contributed by atoms with Gasteiger partial charge in [0.2, 0.25) is 0 Å². The first-order valence-corrected chi connectivity index (χ1v) is 3.32. The van der Waals surface area contributed by atoms with Crippen molar-refractivity contribution in [3.05, 3.63) is 0 Å². The van der Waals surface area contributed by atoms with Crippen LogP contribution in [0.15, 0.2) is 4.52 Å². The van der Waals surface area contributed by atoms with Crippen molar-refractivity contribution in [2.45, 2.75) is 19.8 Å². The smallest absolute Gasteiger partial charge is 0.336 e. The molecule has 0 aliphatic carbocycles. The van der Waals surface area contributed by atoms with Crippen molar-refractivity contribution in [2.75, 3.05) is 11.9 Å². The molecule has 0 saturated carbocycles. The minimum absolute atomic E-state index is 0.397. The molecule has 0 aromatic carbocycles. The van der Waals surface area contributed by atoms with Crippen LogP contribution in [0.4, 0.5) is 6.01 Å². The third-order valence-electron chi connectivity index (χ3n) is 1.11. The Balaban J connectivity index is 2.15. The molecule has 10 heavy (non-hydrogen) atoms. The summed E-state index contributed by atoms with van der Waals surface area (Å²) in [7, 11) is 0. The molecule has 0 atom stereocenters. The van der Waals surface area contributed by atoms with Crippen molar-refractivity contribution in [1.82, 2.24) is 15.6 Å². The molecule has 0 unspecified atom stereocenters. The minimum atomic E-state index is 0.397. The Bertz CT molecular complexity index is 162. The van der Waals surface area contributed by atoms with Crippen molar-refractivity contribution in [2.24, 2.45) is 0 Å². The summed E-state index contributed by atoms with van der Waals surface area (Å²) < 4.78 is 4.60. The average molecular weight is 142 g/mol. The maximum Gasteiger partial charge on any atom is 0.341 e. The van der Waals surface area contributed by atoms with Gasteiger partial charge in [0.15, 0.2) is 0 Å². The molecule has 5 heteroatoms. The lowest BCUT2D eigenvalue weighted by molar-refractivity contribution is 0.403. The summed E-state index contributed by atoms with van der Waals surface area (Å²) in [5.74, 6) is 0. The zero-order chi connectivity index (χ0) is 7.23. The van der Waals surface area contributed by atoms with Gasteiger partial charge in [0.1, 0.15) is 0 Å². The predicted octanol–water partition coefficient (Wildman–Crippen LogP) is 0.677. The number of rotatable bonds is 4. The number of hydrogen-bond acceptors (Lipinski definition) is 5. The Hall–Kier alpha value is -1.13. The fourth-order valence-corrected chi connectivity index (χ4v) is 0.574. The van der Waals surface area contributed by atoms with Crippen LogP contribution in [0.25, 0.3) is 0 Å². The molecular weight excluding hydrogens is 132 g/mol. The summed E-state index contributed by atoms with van der Waals surface area (Å²) in [5.41, 5.74) is 0. The van der Waals surface area contributed by atoms with Gasteiger partial charge in [-0.25, -0.2) is 0 Å². The molecule has 0 spiro atoms. The van der Waals surface area contributed by atoms with Gasteiger partial charge in [-0.2, -0.15) is 0 Å². The zero-order valence-corrected chi connectivity index (χ0v) is 5.87. The molecule has 0 amide bonds. The zero-order valence-electron chi connectivity index (χ0n) is 5.87. The Morgan fingerprint density at radius 2 is 2.50 bits per heavy atom. The molecule has 1 aromatic rings. The van der Waals surface area contributed by atoms with Crippen LogP contribution in [0.5, 0.6) is 0 Å². The van der Waals surface area contributed by atoms with Gasteiger partial charge in [-0.05, 0) is 11.6 Å². The molecule has 56 valence electrons. The molecule has 0 aliphatic heterocycles. The molecule has 1 rings (SSSR count). The summed E-state index contributed by atoms with van der Waals surface area (Å²) in [6.07, 6.45) is 2.25. The van der Waals surface area contributed by atoms with Gasteiger partial charge in [0.25, 0.3) is 0 Å². The third kappa shape index (κ3) is 2.00. The average Bonchev–Trinajstić information content (AvgIpc) is 2.41. The van der Waals surface area contributed by atoms with Crippen LogP contribution in [0.3, 0.4) is 0 Å². The van der Waals surface area contributed by atoms with Crippen molar-refractivity contribution in [3.8, 4) is 0 Å². The quantitative estimate of drug-likeness (QED) is 0.626. The van der Waals surface area contributed by atoms with Crippen LogP contribution in [0.2, 0.25) is 0 Å². The Kier molecular flexibility index (Phi) is 2.66. The molecule has 0 bridgehead atoms. The predicted molar refractivity (Wildman–Crippen MR) is 35.5 cm³/mol. The van der Waals surface area contributed by atoms with E-state index in [1.807, 2.05) is 0 Å². The van der Waals surface area contributed by atoms with E-state index in [4.69, 9.17) is 0 Å². The lowest BCUT2D eigenvalue weighted by Crippen LogP contribution is -2.00. The summed E-state index contributed by atoms with van der Waals surface area (Å²) in [5, 5.41) is 12.9. The van der Waals surface area contributed by atoms with Crippen LogP contribution in [0.1, 0.15) is 19.8 Å². The number of unbranched alkanes of at least 4 members (excludes halogenated alkanes) is 1. The molecule has 0 fully saturated rings. The summed E-state index contributed by atoms with van der Waals surface area (Å²) >= 11 is 0. The number of hydrogen-bond donors (Lipinski definition) is 1. The standard InChI is InChI=1S/C5H10N4O/c1-2-3-4-6-5-7-8-9-10-5/h2-4H2,1H3,(H,6,7,9). The van der Waals surface area contributed by atoms with Gasteiger partial charge >= 0.3 is 6.01 Å². The van der Waals surface area contributed by atoms with E-state index >= 15 is 0 Å². The lowest BCUT2D eigenvalue weighted by atomic mass is 10.3. The molecule has 1 N–H and O–H groups in total. The fourth-order valence-electron chi connectivity index (χ4n) is 0.574. The van der Waals surface area contributed by atoms with E-state index < -0.39 is 0 Å². The number of anilines is 1. The van der Waals surface area contributed by atoms with E-state index in [1.165, 1.54) is 0 Å². The van der Waals surface area contributed by atoms with Crippen molar-refractivity contribution in [1.29, 1.82) is 0 Å². The van der Waals surface area contributed by atoms with Gasteiger partial charge in [-0.3, -0.25) is 4.52 Å². The molecule has 0 saturated heterocycles. The maximum atomic E-state index is 4.60. The monoisotopic (exact) mass is 142 g/mol. The first-order valence-electron chi connectivity index (χ1n) is 3.32. The third-order valence-corrected chi connectivity index (χ3v) is 1.11. The highest BCUT2D eigenvalue weighted by atomic mass is 16.5. The topological polar surface area (TPSA) is 63.8 Å². The first kappa shape index (κ1) is 6.98. The van der Waals surface area contributed by atoms with Gasteiger partial charge in [-0.1, -0.05) is 18.4 Å². The van der Waals surface area contributed by atoms with Crippen LogP contribution in [-0.2, 0) is 0 Å². The largest absolute Gasteiger partial charge is 0.341 e. The highest BCUT2D eigenvalue weighted by Gasteiger charge is 1.94.